The van der Waals surface area contributed by atoms with Gasteiger partial charge in [-0.2, -0.15) is 8.42 Å². The summed E-state index contributed by atoms with van der Waals surface area (Å²) in [5.41, 5.74) is 1.13. The molecular formula is C18H30MnO3S. The van der Waals surface area contributed by atoms with Gasteiger partial charge in [0.15, 0.2) is 0 Å². The summed E-state index contributed by atoms with van der Waals surface area (Å²) in [7, 11) is -4.06. The minimum atomic E-state index is -4.06. The molecule has 3 nitrogen and oxygen atoms in total. The Morgan fingerprint density at radius 1 is 0.783 bits per heavy atom. The van der Waals surface area contributed by atoms with Gasteiger partial charge in [-0.3, -0.25) is 4.55 Å². The van der Waals surface area contributed by atoms with Crippen molar-refractivity contribution in [2.45, 2.75) is 82.4 Å². The molecule has 1 aromatic carbocycles. The van der Waals surface area contributed by atoms with Crippen LogP contribution in [0.3, 0.4) is 0 Å². The van der Waals surface area contributed by atoms with E-state index in [0.717, 1.165) is 18.4 Å². The van der Waals surface area contributed by atoms with E-state index in [-0.39, 0.29) is 22.0 Å². The van der Waals surface area contributed by atoms with Crippen molar-refractivity contribution in [1.82, 2.24) is 0 Å². The minimum Gasteiger partial charge on any atom is -0.282 e. The molecule has 0 aliphatic carbocycles. The molecule has 1 rings (SSSR count). The minimum absolute atomic E-state index is 0. The van der Waals surface area contributed by atoms with Crippen molar-refractivity contribution in [3.8, 4) is 0 Å². The van der Waals surface area contributed by atoms with Crippen molar-refractivity contribution in [3.05, 3.63) is 29.8 Å². The van der Waals surface area contributed by atoms with Gasteiger partial charge in [-0.1, -0.05) is 76.8 Å². The number of benzene rings is 1. The SMILES string of the molecule is CCCCCCCCCCCCc1ccc(S(=O)(=O)O)cc1.[Mn]. The number of rotatable bonds is 12. The van der Waals surface area contributed by atoms with Crippen molar-refractivity contribution in [2.24, 2.45) is 0 Å². The molecule has 0 aliphatic rings. The molecule has 0 fully saturated rings. The first-order chi connectivity index (χ1) is 10.5. The number of unbranched alkanes of at least 4 members (excludes halogenated alkanes) is 9. The predicted octanol–water partition coefficient (Wildman–Crippen LogP) is 5.39. The quantitative estimate of drug-likeness (QED) is 0.300. The maximum absolute atomic E-state index is 10.9. The summed E-state index contributed by atoms with van der Waals surface area (Å²) in [6.07, 6.45) is 14.1. The molecule has 0 unspecified atom stereocenters. The van der Waals surface area contributed by atoms with Crippen LogP contribution in [0.15, 0.2) is 29.2 Å². The van der Waals surface area contributed by atoms with E-state index in [0.29, 0.717) is 0 Å². The van der Waals surface area contributed by atoms with Crippen LogP contribution in [-0.4, -0.2) is 13.0 Å². The Bertz CT molecular complexity index is 498. The fraction of sp³-hybridized carbons (Fsp3) is 0.667. The monoisotopic (exact) mass is 381 g/mol. The van der Waals surface area contributed by atoms with E-state index in [1.165, 1.54) is 69.9 Å². The van der Waals surface area contributed by atoms with Crippen LogP contribution in [-0.2, 0) is 33.6 Å². The van der Waals surface area contributed by atoms with E-state index in [2.05, 4.69) is 6.92 Å². The van der Waals surface area contributed by atoms with Crippen LogP contribution < -0.4 is 0 Å². The summed E-state index contributed by atoms with van der Waals surface area (Å²) in [6, 6.07) is 6.52. The van der Waals surface area contributed by atoms with Crippen LogP contribution in [0, 0.1) is 0 Å². The fourth-order valence-corrected chi connectivity index (χ4v) is 3.12. The van der Waals surface area contributed by atoms with Crippen molar-refractivity contribution in [1.29, 1.82) is 0 Å². The summed E-state index contributed by atoms with van der Waals surface area (Å²) in [5.74, 6) is 0. The van der Waals surface area contributed by atoms with Crippen molar-refractivity contribution >= 4 is 10.1 Å². The number of hydrogen-bond donors (Lipinski definition) is 1. The predicted molar refractivity (Wildman–Crippen MR) is 91.8 cm³/mol. The Morgan fingerprint density at radius 2 is 1.22 bits per heavy atom. The van der Waals surface area contributed by atoms with Crippen LogP contribution in [0.2, 0.25) is 0 Å². The van der Waals surface area contributed by atoms with Crippen molar-refractivity contribution in [2.75, 3.05) is 0 Å². The van der Waals surface area contributed by atoms with Crippen LogP contribution in [0.25, 0.3) is 0 Å². The second kappa shape index (κ2) is 13.0. The van der Waals surface area contributed by atoms with Gasteiger partial charge in [-0.25, -0.2) is 0 Å². The summed E-state index contributed by atoms with van der Waals surface area (Å²) in [6.45, 7) is 2.25. The fourth-order valence-electron chi connectivity index (χ4n) is 2.64. The van der Waals surface area contributed by atoms with E-state index >= 15 is 0 Å². The molecule has 0 saturated carbocycles. The van der Waals surface area contributed by atoms with E-state index in [1.54, 1.807) is 12.1 Å². The van der Waals surface area contributed by atoms with Gasteiger partial charge < -0.3 is 0 Å². The van der Waals surface area contributed by atoms with Gasteiger partial charge in [0.05, 0.1) is 4.90 Å². The first-order valence-corrected chi connectivity index (χ1v) is 10.0. The molecule has 5 heteroatoms. The van der Waals surface area contributed by atoms with E-state index < -0.39 is 10.1 Å². The molecule has 1 aromatic rings. The molecule has 0 atom stereocenters. The normalized spacial score (nSPS) is 11.2. The zero-order valence-corrected chi connectivity index (χ0v) is 16.1. The maximum Gasteiger partial charge on any atom is 0.294 e. The van der Waals surface area contributed by atoms with Gasteiger partial charge in [0.2, 0.25) is 0 Å². The van der Waals surface area contributed by atoms with Gasteiger partial charge in [0.1, 0.15) is 0 Å². The van der Waals surface area contributed by atoms with Crippen LogP contribution in [0.4, 0.5) is 0 Å². The third-order valence-electron chi connectivity index (χ3n) is 4.04. The topological polar surface area (TPSA) is 54.4 Å². The molecule has 0 spiro atoms. The smallest absolute Gasteiger partial charge is 0.282 e. The summed E-state index contributed by atoms with van der Waals surface area (Å²) >= 11 is 0. The van der Waals surface area contributed by atoms with E-state index in [4.69, 9.17) is 4.55 Å². The molecule has 0 bridgehead atoms. The molecule has 0 heterocycles. The Labute approximate surface area is 152 Å². The molecule has 1 radical (unpaired) electrons. The molecule has 0 aromatic heterocycles. The largest absolute Gasteiger partial charge is 0.294 e. The third-order valence-corrected chi connectivity index (χ3v) is 4.91. The summed E-state index contributed by atoms with van der Waals surface area (Å²) < 4.78 is 30.8. The Kier molecular flexibility index (Phi) is 12.8. The molecule has 0 aliphatic heterocycles. The molecule has 133 valence electrons. The Morgan fingerprint density at radius 3 is 1.65 bits per heavy atom. The molecule has 0 amide bonds. The molecule has 0 saturated heterocycles. The Hall–Kier alpha value is -0.351. The van der Waals surface area contributed by atoms with Gasteiger partial charge in [0.25, 0.3) is 10.1 Å². The zero-order valence-electron chi connectivity index (χ0n) is 14.1. The third kappa shape index (κ3) is 10.9. The van der Waals surface area contributed by atoms with E-state index in [9.17, 15) is 8.42 Å². The number of hydrogen-bond acceptors (Lipinski definition) is 2. The molecular weight excluding hydrogens is 351 g/mol. The van der Waals surface area contributed by atoms with E-state index in [1.807, 2.05) is 0 Å². The first kappa shape index (κ1) is 22.6. The standard InChI is InChI=1S/C18H30O3S.Mn/c1-2-3-4-5-6-7-8-9-10-11-12-17-13-15-18(16-14-17)22(19,20)21;/h13-16H,2-12H2,1H3,(H,19,20,21);. The first-order valence-electron chi connectivity index (χ1n) is 8.60. The second-order valence-electron chi connectivity index (χ2n) is 6.05. The maximum atomic E-state index is 10.9. The average molecular weight is 381 g/mol. The summed E-state index contributed by atoms with van der Waals surface area (Å²) in [5, 5.41) is 0. The van der Waals surface area contributed by atoms with Crippen LogP contribution >= 0.6 is 0 Å². The summed E-state index contributed by atoms with van der Waals surface area (Å²) in [4.78, 5) is -0.0284. The van der Waals surface area contributed by atoms with Gasteiger partial charge >= 0.3 is 0 Å². The number of aryl methyl sites for hydroxylation is 1. The zero-order chi connectivity index (χ0) is 16.3. The van der Waals surface area contributed by atoms with Gasteiger partial charge in [0, 0.05) is 17.1 Å². The van der Waals surface area contributed by atoms with Gasteiger partial charge in [-0.15, -0.1) is 0 Å². The molecule has 1 N–H and O–H groups in total. The van der Waals surface area contributed by atoms with Crippen molar-refractivity contribution < 1.29 is 30.0 Å². The van der Waals surface area contributed by atoms with Crippen LogP contribution in [0.1, 0.15) is 76.7 Å². The van der Waals surface area contributed by atoms with Crippen molar-refractivity contribution in [3.63, 3.8) is 0 Å². The van der Waals surface area contributed by atoms with Crippen LogP contribution in [0.5, 0.6) is 0 Å². The molecule has 23 heavy (non-hydrogen) atoms. The Balaban J connectivity index is 0.00000484. The second-order valence-corrected chi connectivity index (χ2v) is 7.47. The average Bonchev–Trinajstić information content (AvgIpc) is 2.49. The van der Waals surface area contributed by atoms with Gasteiger partial charge in [-0.05, 0) is 30.5 Å².